The quantitative estimate of drug-likeness (QED) is 0.145. The average molecular weight is 677 g/mol. The summed E-state index contributed by atoms with van der Waals surface area (Å²) in [5, 5.41) is 12.9. The number of likely N-dealkylation sites (tertiary alicyclic amines) is 1. The van der Waals surface area contributed by atoms with E-state index in [-0.39, 0.29) is 39.5 Å². The van der Waals surface area contributed by atoms with E-state index in [9.17, 15) is 29.0 Å². The van der Waals surface area contributed by atoms with Crippen LogP contribution in [0.25, 0.3) is 49.3 Å². The minimum absolute atomic E-state index is 0.0257. The molecule has 4 aliphatic heterocycles. The Morgan fingerprint density at radius 1 is 1.25 bits per heavy atom. The first-order chi connectivity index (χ1) is 22.8. The fourth-order valence-corrected chi connectivity index (χ4v) is 7.54. The van der Waals surface area contributed by atoms with Gasteiger partial charge in [-0.2, -0.15) is 0 Å². The van der Waals surface area contributed by atoms with Gasteiger partial charge >= 0.3 is 13.8 Å². The van der Waals surface area contributed by atoms with Gasteiger partial charge < -0.3 is 39.1 Å². The summed E-state index contributed by atoms with van der Waals surface area (Å²) >= 11 is 0. The van der Waals surface area contributed by atoms with Crippen LogP contribution in [0.5, 0.6) is 0 Å². The second-order valence-electron chi connectivity index (χ2n) is 12.2. The van der Waals surface area contributed by atoms with Gasteiger partial charge in [0, 0.05) is 80.4 Å². The van der Waals surface area contributed by atoms with Crippen LogP contribution in [0.1, 0.15) is 16.8 Å². The van der Waals surface area contributed by atoms with E-state index in [0.29, 0.717) is 40.5 Å². The number of likely N-dealkylation sites (N-methyl/N-ethyl adjacent to an activating group) is 1. The van der Waals surface area contributed by atoms with Crippen LogP contribution in [0, 0.1) is 18.3 Å². The van der Waals surface area contributed by atoms with Crippen LogP contribution in [0.2, 0.25) is 0 Å². The van der Waals surface area contributed by atoms with Crippen molar-refractivity contribution in [1.29, 1.82) is 0 Å². The maximum atomic E-state index is 15.6. The molecule has 0 bridgehead atoms. The minimum atomic E-state index is -4.98. The number of carboxylic acids is 1. The van der Waals surface area contributed by atoms with Gasteiger partial charge in [0.05, 0.1) is 28.8 Å². The third kappa shape index (κ3) is 4.99. The Hall–Kier alpha value is -4.91. The molecule has 4 N–H and O–H groups in total. The summed E-state index contributed by atoms with van der Waals surface area (Å²) in [6.07, 6.45) is 5.14. The van der Waals surface area contributed by atoms with Gasteiger partial charge in [-0.3, -0.25) is 9.32 Å². The van der Waals surface area contributed by atoms with Gasteiger partial charge in [-0.1, -0.05) is 0 Å². The summed E-state index contributed by atoms with van der Waals surface area (Å²) in [6.45, 7) is 9.47. The molecule has 15 nitrogen and oxygen atoms in total. The highest BCUT2D eigenvalue weighted by Gasteiger charge is 2.43. The zero-order valence-electron chi connectivity index (χ0n) is 26.0. The fourth-order valence-electron chi connectivity index (χ4n) is 7.26. The monoisotopic (exact) mass is 676 g/mol. The summed E-state index contributed by atoms with van der Waals surface area (Å²) in [5.41, 5.74) is 1.12. The molecule has 17 heteroatoms. The average Bonchev–Trinajstić information content (AvgIpc) is 3.73. The number of benzene rings is 1. The number of aromatic carboxylic acids is 1. The number of carboxylic acid groups (broad SMARTS) is 1. The molecule has 2 aromatic heterocycles. The normalized spacial score (nSPS) is 18.2. The Morgan fingerprint density at radius 3 is 2.71 bits per heavy atom. The van der Waals surface area contributed by atoms with Gasteiger partial charge in [-0.05, 0) is 31.5 Å². The van der Waals surface area contributed by atoms with Crippen LogP contribution in [0.15, 0.2) is 35.5 Å². The Morgan fingerprint density at radius 2 is 2.02 bits per heavy atom. The lowest BCUT2D eigenvalue weighted by molar-refractivity contribution is 0.0694. The van der Waals surface area contributed by atoms with Crippen LogP contribution in [-0.2, 0) is 22.9 Å². The summed E-state index contributed by atoms with van der Waals surface area (Å²) in [7, 11) is 0.216. The Balaban J connectivity index is 1.63. The van der Waals surface area contributed by atoms with E-state index in [1.807, 2.05) is 7.05 Å². The molecule has 0 aliphatic carbocycles. The molecule has 0 unspecified atom stereocenters. The third-order valence-corrected chi connectivity index (χ3v) is 9.74. The smallest absolute Gasteiger partial charge is 0.471 e. The molecule has 0 spiro atoms. The van der Waals surface area contributed by atoms with Gasteiger partial charge in [-0.25, -0.2) is 28.6 Å². The zero-order chi connectivity index (χ0) is 34.2. The maximum absolute atomic E-state index is 15.6. The molecule has 0 radical (unpaired) electrons. The maximum Gasteiger partial charge on any atom is 0.471 e. The van der Waals surface area contributed by atoms with Gasteiger partial charge in [-0.15, -0.1) is 0 Å². The van der Waals surface area contributed by atoms with Crippen LogP contribution in [0.4, 0.5) is 21.5 Å². The van der Waals surface area contributed by atoms with Crippen LogP contribution >= 0.6 is 7.82 Å². The standard InChI is InChI=1S/C31H30FN8O7P/c1-33-21-8-20(32)25(34-2)23-24-27(40-6-5-15-10-37(3)13-22(15)40)18(12-39(14-47-48(44,45)46)30(24)36-26(21)23)16-7-17-28(41)19(31(42)43)11-38(4)29(17)35-9-16/h7-9,11-12,15,22,33H,5-6,10,13-14H2,1,3-4H3,(H,42,43)(H2,44,45,46)/t15-,22+/m0/s1. The number of rotatable bonds is 7. The molecule has 248 valence electrons. The van der Waals surface area contributed by atoms with Crippen molar-refractivity contribution in [3.8, 4) is 22.5 Å². The lowest BCUT2D eigenvalue weighted by Crippen LogP contribution is -2.35. The summed E-state index contributed by atoms with van der Waals surface area (Å²) in [4.78, 5) is 61.9. The minimum Gasteiger partial charge on any atom is -0.477 e. The molecular formula is C31H30FN8O7P. The number of halogens is 1. The zero-order valence-corrected chi connectivity index (χ0v) is 26.9. The first kappa shape index (κ1) is 31.7. The van der Waals surface area contributed by atoms with Crippen molar-refractivity contribution in [3.63, 3.8) is 0 Å². The molecule has 2 fully saturated rings. The molecule has 1 aromatic carbocycles. The molecule has 7 rings (SSSR count). The van der Waals surface area contributed by atoms with E-state index in [2.05, 4.69) is 24.9 Å². The largest absolute Gasteiger partial charge is 0.477 e. The van der Waals surface area contributed by atoms with E-state index < -0.39 is 37.3 Å². The summed E-state index contributed by atoms with van der Waals surface area (Å²) < 4.78 is 35.2. The molecule has 0 saturated carbocycles. The van der Waals surface area contributed by atoms with E-state index in [0.717, 1.165) is 19.5 Å². The third-order valence-electron chi connectivity index (χ3n) is 9.28. The molecular weight excluding hydrogens is 646 g/mol. The molecule has 6 heterocycles. The lowest BCUT2D eigenvalue weighted by atomic mass is 9.96. The molecule has 0 amide bonds. The topological polar surface area (TPSA) is 180 Å². The number of phosphoric acid groups is 1. The van der Waals surface area contributed by atoms with Crippen molar-refractivity contribution >= 4 is 52.8 Å². The number of aryl methyl sites for hydroxylation is 1. The predicted octanol–water partition coefficient (Wildman–Crippen LogP) is 3.69. The predicted molar refractivity (Wildman–Crippen MR) is 175 cm³/mol. The van der Waals surface area contributed by atoms with E-state index >= 15 is 4.39 Å². The first-order valence-corrected chi connectivity index (χ1v) is 16.5. The Labute approximate surface area is 272 Å². The number of nitrogens with zero attached hydrogens (tertiary/aromatic N) is 7. The molecule has 2 saturated heterocycles. The van der Waals surface area contributed by atoms with Crippen molar-refractivity contribution < 1.29 is 33.2 Å². The fraction of sp³-hybridized carbons (Fsp3) is 0.323. The van der Waals surface area contributed by atoms with Crippen LogP contribution < -0.4 is 15.6 Å². The number of pyridine rings is 3. The molecule has 2 atom stereocenters. The highest BCUT2D eigenvalue weighted by atomic mass is 31.2. The SMILES string of the molecule is [C-]#[N+]c1c(F)cc(NC)c2nc3n(COP(=O)(O)O)cc(-c4cnc5c(c4)c(=O)c(C(=O)O)cn5C)c(N4CC[C@H]5CN(C)C[C@H]54)c-3c12. The van der Waals surface area contributed by atoms with Crippen molar-refractivity contribution in [2.45, 2.75) is 19.2 Å². The second kappa shape index (κ2) is 11.4. The highest BCUT2D eigenvalue weighted by molar-refractivity contribution is 7.46. The lowest BCUT2D eigenvalue weighted by Gasteiger charge is -2.32. The summed E-state index contributed by atoms with van der Waals surface area (Å²) in [6, 6.07) is 2.73. The number of anilines is 2. The molecule has 3 aromatic rings. The van der Waals surface area contributed by atoms with Gasteiger partial charge in [0.15, 0.2) is 0 Å². The molecule has 4 aliphatic rings. The van der Waals surface area contributed by atoms with E-state index in [1.54, 1.807) is 20.3 Å². The van der Waals surface area contributed by atoms with Crippen molar-refractivity contribution in [2.75, 3.05) is 43.9 Å². The van der Waals surface area contributed by atoms with Crippen LogP contribution in [-0.4, -0.2) is 84.6 Å². The highest BCUT2D eigenvalue weighted by Crippen LogP contribution is 2.52. The summed E-state index contributed by atoms with van der Waals surface area (Å²) in [5.74, 6) is -1.67. The first-order valence-electron chi connectivity index (χ1n) is 14.9. The number of hydrogen-bond donors (Lipinski definition) is 4. The van der Waals surface area contributed by atoms with Gasteiger partial charge in [0.25, 0.3) is 0 Å². The number of nitrogens with one attached hydrogen (secondary N) is 1. The molecule has 48 heavy (non-hydrogen) atoms. The van der Waals surface area contributed by atoms with Crippen LogP contribution in [0.3, 0.4) is 0 Å². The van der Waals surface area contributed by atoms with Gasteiger partial charge in [0.2, 0.25) is 11.1 Å². The van der Waals surface area contributed by atoms with Gasteiger partial charge in [0.1, 0.15) is 29.6 Å². The number of phosphoric ester groups is 1. The van der Waals surface area contributed by atoms with E-state index in [1.165, 1.54) is 33.7 Å². The number of hydrogen-bond acceptors (Lipinski definition) is 9. The Bertz CT molecular complexity index is 2290. The number of aromatic nitrogens is 4. The van der Waals surface area contributed by atoms with Crippen molar-refractivity contribution in [3.05, 3.63) is 63.7 Å². The number of fused-ring (bicyclic) bond motifs is 5. The van der Waals surface area contributed by atoms with E-state index in [4.69, 9.17) is 16.1 Å². The van der Waals surface area contributed by atoms with Crippen molar-refractivity contribution in [1.82, 2.24) is 24.0 Å². The second-order valence-corrected chi connectivity index (χ2v) is 13.4. The Kier molecular flexibility index (Phi) is 7.50. The number of carbonyl (C=O) groups is 1. The van der Waals surface area contributed by atoms with Crippen molar-refractivity contribution in [2.24, 2.45) is 13.0 Å².